The number of nitrogens with two attached hydrogens (primary N) is 1. The maximum atomic E-state index is 5.54. The molecule has 0 atom stereocenters. The Morgan fingerprint density at radius 3 is 2.69 bits per heavy atom. The van der Waals surface area contributed by atoms with Crippen molar-refractivity contribution in [3.05, 3.63) is 47.9 Å². The van der Waals surface area contributed by atoms with Gasteiger partial charge in [-0.1, -0.05) is 6.07 Å². The van der Waals surface area contributed by atoms with Crippen LogP contribution in [0.3, 0.4) is 0 Å². The predicted octanol–water partition coefficient (Wildman–Crippen LogP) is 1.34. The molecule has 0 saturated heterocycles. The summed E-state index contributed by atoms with van der Waals surface area (Å²) in [7, 11) is 2.03. The molecule has 2 rings (SSSR count). The molecule has 0 radical (unpaired) electrons. The van der Waals surface area contributed by atoms with E-state index in [1.165, 1.54) is 5.69 Å². The number of pyridine rings is 2. The molecule has 2 aromatic heterocycles. The van der Waals surface area contributed by atoms with Crippen molar-refractivity contribution in [3.8, 4) is 11.3 Å². The first-order valence-electron chi connectivity index (χ1n) is 5.32. The zero-order chi connectivity index (χ0) is 11.5. The first-order valence-corrected chi connectivity index (χ1v) is 5.32. The summed E-state index contributed by atoms with van der Waals surface area (Å²) >= 11 is 0. The Morgan fingerprint density at radius 2 is 2.12 bits per heavy atom. The minimum Gasteiger partial charge on any atom is -0.326 e. The number of aryl methyl sites for hydroxylation is 2. The summed E-state index contributed by atoms with van der Waals surface area (Å²) in [5, 5.41) is 0. The Bertz CT molecular complexity index is 489. The second-order valence-electron chi connectivity index (χ2n) is 3.92. The van der Waals surface area contributed by atoms with Crippen LogP contribution in [0.4, 0.5) is 0 Å². The van der Waals surface area contributed by atoms with E-state index in [0.717, 1.165) is 16.8 Å². The van der Waals surface area contributed by atoms with Crippen molar-refractivity contribution in [2.45, 2.75) is 13.5 Å². The minimum absolute atomic E-state index is 0.538. The van der Waals surface area contributed by atoms with Crippen LogP contribution < -0.4 is 10.3 Å². The molecule has 0 spiro atoms. The smallest absolute Gasteiger partial charge is 0.178 e. The SMILES string of the molecule is Cc1cc(-c2ccc(CN)cn2)cc[n+]1C. The van der Waals surface area contributed by atoms with Crippen LogP contribution in [0.15, 0.2) is 36.7 Å². The van der Waals surface area contributed by atoms with Gasteiger partial charge in [-0.3, -0.25) is 4.98 Å². The number of rotatable bonds is 2. The van der Waals surface area contributed by atoms with Gasteiger partial charge in [0.1, 0.15) is 7.05 Å². The van der Waals surface area contributed by atoms with Gasteiger partial charge in [0.25, 0.3) is 0 Å². The normalized spacial score (nSPS) is 10.4. The van der Waals surface area contributed by atoms with E-state index in [9.17, 15) is 0 Å². The van der Waals surface area contributed by atoms with Gasteiger partial charge in [0, 0.05) is 37.4 Å². The van der Waals surface area contributed by atoms with E-state index in [-0.39, 0.29) is 0 Å². The first kappa shape index (κ1) is 10.8. The lowest BCUT2D eigenvalue weighted by Gasteiger charge is -2.02. The molecule has 0 bridgehead atoms. The highest BCUT2D eigenvalue weighted by Gasteiger charge is 2.05. The van der Waals surface area contributed by atoms with Gasteiger partial charge in [0.05, 0.1) is 5.69 Å². The van der Waals surface area contributed by atoms with Gasteiger partial charge < -0.3 is 5.73 Å². The maximum absolute atomic E-state index is 5.54. The van der Waals surface area contributed by atoms with Crippen molar-refractivity contribution in [2.24, 2.45) is 12.8 Å². The number of hydrogen-bond acceptors (Lipinski definition) is 2. The Hall–Kier alpha value is -1.74. The molecule has 0 aliphatic rings. The lowest BCUT2D eigenvalue weighted by atomic mass is 10.1. The van der Waals surface area contributed by atoms with Crippen molar-refractivity contribution < 1.29 is 4.57 Å². The zero-order valence-corrected chi connectivity index (χ0v) is 9.64. The fraction of sp³-hybridized carbons (Fsp3) is 0.231. The van der Waals surface area contributed by atoms with Crippen molar-refractivity contribution in [3.63, 3.8) is 0 Å². The molecule has 16 heavy (non-hydrogen) atoms. The van der Waals surface area contributed by atoms with E-state index in [2.05, 4.69) is 28.6 Å². The van der Waals surface area contributed by atoms with Crippen LogP contribution in [-0.2, 0) is 13.6 Å². The van der Waals surface area contributed by atoms with Crippen LogP contribution >= 0.6 is 0 Å². The summed E-state index contributed by atoms with van der Waals surface area (Å²) in [6.07, 6.45) is 3.88. The molecule has 82 valence electrons. The van der Waals surface area contributed by atoms with Crippen molar-refractivity contribution in [1.29, 1.82) is 0 Å². The molecule has 0 amide bonds. The highest BCUT2D eigenvalue weighted by atomic mass is 14.9. The second-order valence-corrected chi connectivity index (χ2v) is 3.92. The summed E-state index contributed by atoms with van der Waals surface area (Å²) < 4.78 is 2.08. The third kappa shape index (κ3) is 2.09. The van der Waals surface area contributed by atoms with Crippen LogP contribution in [-0.4, -0.2) is 4.98 Å². The van der Waals surface area contributed by atoms with E-state index >= 15 is 0 Å². The van der Waals surface area contributed by atoms with Gasteiger partial charge in [0.15, 0.2) is 11.9 Å². The third-order valence-electron chi connectivity index (χ3n) is 2.75. The highest BCUT2D eigenvalue weighted by molar-refractivity contribution is 5.58. The monoisotopic (exact) mass is 214 g/mol. The Balaban J connectivity index is 2.38. The van der Waals surface area contributed by atoms with E-state index in [0.29, 0.717) is 6.54 Å². The van der Waals surface area contributed by atoms with Gasteiger partial charge >= 0.3 is 0 Å². The third-order valence-corrected chi connectivity index (χ3v) is 2.75. The number of hydrogen-bond donors (Lipinski definition) is 1. The molecule has 2 aromatic rings. The standard InChI is InChI=1S/C13H16N3/c1-10-7-12(5-6-16(10)2)13-4-3-11(8-14)9-15-13/h3-7,9H,8,14H2,1-2H3/q+1. The fourth-order valence-electron chi connectivity index (χ4n) is 1.56. The topological polar surface area (TPSA) is 42.8 Å². The lowest BCUT2D eigenvalue weighted by molar-refractivity contribution is -0.677. The zero-order valence-electron chi connectivity index (χ0n) is 9.64. The molecule has 2 heterocycles. The van der Waals surface area contributed by atoms with E-state index in [1.54, 1.807) is 0 Å². The molecular weight excluding hydrogens is 198 g/mol. The molecule has 0 saturated carbocycles. The average molecular weight is 214 g/mol. The van der Waals surface area contributed by atoms with E-state index < -0.39 is 0 Å². The van der Waals surface area contributed by atoms with Crippen LogP contribution in [0.2, 0.25) is 0 Å². The maximum Gasteiger partial charge on any atom is 0.178 e. The van der Waals surface area contributed by atoms with Crippen molar-refractivity contribution in [1.82, 2.24) is 4.98 Å². The molecule has 0 aliphatic heterocycles. The molecule has 0 aromatic carbocycles. The molecule has 0 fully saturated rings. The van der Waals surface area contributed by atoms with Crippen LogP contribution in [0.5, 0.6) is 0 Å². The first-order chi connectivity index (χ1) is 7.70. The highest BCUT2D eigenvalue weighted by Crippen LogP contribution is 2.16. The Labute approximate surface area is 95.6 Å². The number of nitrogens with zero attached hydrogens (tertiary/aromatic N) is 2. The molecule has 3 nitrogen and oxygen atoms in total. The summed E-state index contributed by atoms with van der Waals surface area (Å²) in [6, 6.07) is 8.23. The Kier molecular flexibility index (Phi) is 2.97. The summed E-state index contributed by atoms with van der Waals surface area (Å²) in [4.78, 5) is 4.40. The summed E-state index contributed by atoms with van der Waals surface area (Å²) in [6.45, 7) is 2.62. The van der Waals surface area contributed by atoms with E-state index in [4.69, 9.17) is 5.73 Å². The predicted molar refractivity (Wildman–Crippen MR) is 63.5 cm³/mol. The van der Waals surface area contributed by atoms with Gasteiger partial charge in [-0.2, -0.15) is 0 Å². The second kappa shape index (κ2) is 4.41. The largest absolute Gasteiger partial charge is 0.326 e. The van der Waals surface area contributed by atoms with Crippen LogP contribution in [0.25, 0.3) is 11.3 Å². The van der Waals surface area contributed by atoms with E-state index in [1.807, 2.05) is 31.6 Å². The lowest BCUT2D eigenvalue weighted by Crippen LogP contribution is -2.30. The quantitative estimate of drug-likeness (QED) is 0.767. The molecule has 2 N–H and O–H groups in total. The molecular formula is C13H16N3+. The van der Waals surface area contributed by atoms with Gasteiger partial charge in [-0.15, -0.1) is 0 Å². The average Bonchev–Trinajstić information content (AvgIpc) is 2.33. The molecule has 0 unspecified atom stereocenters. The fourth-order valence-corrected chi connectivity index (χ4v) is 1.56. The number of aromatic nitrogens is 2. The molecule has 0 aliphatic carbocycles. The van der Waals surface area contributed by atoms with Gasteiger partial charge in [-0.05, 0) is 11.6 Å². The molecule has 3 heteroatoms. The summed E-state index contributed by atoms with van der Waals surface area (Å²) in [5.41, 5.74) is 9.93. The van der Waals surface area contributed by atoms with Crippen LogP contribution in [0.1, 0.15) is 11.3 Å². The van der Waals surface area contributed by atoms with Gasteiger partial charge in [0.2, 0.25) is 0 Å². The van der Waals surface area contributed by atoms with Crippen molar-refractivity contribution >= 4 is 0 Å². The summed E-state index contributed by atoms with van der Waals surface area (Å²) in [5.74, 6) is 0. The van der Waals surface area contributed by atoms with Crippen molar-refractivity contribution in [2.75, 3.05) is 0 Å². The van der Waals surface area contributed by atoms with Gasteiger partial charge in [-0.25, -0.2) is 4.57 Å². The Morgan fingerprint density at radius 1 is 1.31 bits per heavy atom. The minimum atomic E-state index is 0.538. The van der Waals surface area contributed by atoms with Crippen LogP contribution in [0, 0.1) is 6.92 Å².